The zero-order chi connectivity index (χ0) is 16.8. The number of carbonyl (C=O) groups excluding carboxylic acids is 2. The Bertz CT molecular complexity index is 701. The lowest BCUT2D eigenvalue weighted by molar-refractivity contribution is -0.130. The van der Waals surface area contributed by atoms with Gasteiger partial charge in [-0.3, -0.25) is 9.59 Å². The lowest BCUT2D eigenvalue weighted by Gasteiger charge is -2.11. The van der Waals surface area contributed by atoms with E-state index in [1.54, 1.807) is 38.4 Å². The largest absolute Gasteiger partial charge is 0.484 e. The van der Waals surface area contributed by atoms with E-state index in [-0.39, 0.29) is 24.0 Å². The fraction of sp³-hybridized carbons (Fsp3) is 0.200. The number of benzene rings is 1. The molecule has 8 nitrogen and oxygen atoms in total. The summed E-state index contributed by atoms with van der Waals surface area (Å²) in [6.07, 6.45) is 2.80. The Balaban J connectivity index is 1.96. The molecule has 0 aliphatic heterocycles. The van der Waals surface area contributed by atoms with Crippen LogP contribution in [0.1, 0.15) is 10.5 Å². The summed E-state index contributed by atoms with van der Waals surface area (Å²) in [5.74, 6) is -0.00285. The monoisotopic (exact) mass is 315 g/mol. The SMILES string of the molecule is CN(C)C(=O)COc1ccc(NC(=O)c2nccnc2N)cc1. The summed E-state index contributed by atoms with van der Waals surface area (Å²) in [4.78, 5) is 32.6. The Labute approximate surface area is 133 Å². The van der Waals surface area contributed by atoms with Gasteiger partial charge in [0.2, 0.25) is 0 Å². The predicted octanol–water partition coefficient (Wildman–Crippen LogP) is 0.778. The Morgan fingerprint density at radius 3 is 2.43 bits per heavy atom. The number of rotatable bonds is 5. The molecule has 0 radical (unpaired) electrons. The molecule has 0 spiro atoms. The van der Waals surface area contributed by atoms with Gasteiger partial charge in [-0.2, -0.15) is 0 Å². The summed E-state index contributed by atoms with van der Waals surface area (Å²) >= 11 is 0. The van der Waals surface area contributed by atoms with Crippen molar-refractivity contribution in [1.29, 1.82) is 0 Å². The number of nitrogens with zero attached hydrogens (tertiary/aromatic N) is 3. The highest BCUT2D eigenvalue weighted by molar-refractivity contribution is 6.05. The van der Waals surface area contributed by atoms with Crippen molar-refractivity contribution < 1.29 is 14.3 Å². The third-order valence-corrected chi connectivity index (χ3v) is 2.91. The number of nitrogens with two attached hydrogens (primary N) is 1. The van der Waals surface area contributed by atoms with Crippen LogP contribution in [0.5, 0.6) is 5.75 Å². The molecule has 2 amide bonds. The van der Waals surface area contributed by atoms with Gasteiger partial charge in [-0.15, -0.1) is 0 Å². The van der Waals surface area contributed by atoms with Crippen molar-refractivity contribution in [2.45, 2.75) is 0 Å². The second-order valence-corrected chi connectivity index (χ2v) is 4.85. The van der Waals surface area contributed by atoms with Crippen molar-refractivity contribution in [1.82, 2.24) is 14.9 Å². The first-order valence-electron chi connectivity index (χ1n) is 6.78. The van der Waals surface area contributed by atoms with Crippen molar-refractivity contribution in [3.05, 3.63) is 42.4 Å². The minimum Gasteiger partial charge on any atom is -0.484 e. The quantitative estimate of drug-likeness (QED) is 0.843. The molecule has 3 N–H and O–H groups in total. The Morgan fingerprint density at radius 2 is 1.83 bits per heavy atom. The average Bonchev–Trinajstić information content (AvgIpc) is 2.54. The third-order valence-electron chi connectivity index (χ3n) is 2.91. The molecule has 1 aromatic heterocycles. The van der Waals surface area contributed by atoms with E-state index in [1.165, 1.54) is 17.3 Å². The summed E-state index contributed by atoms with van der Waals surface area (Å²) in [5, 5.41) is 2.66. The van der Waals surface area contributed by atoms with Crippen LogP contribution in [0, 0.1) is 0 Å². The molecule has 0 fully saturated rings. The molecule has 120 valence electrons. The normalized spacial score (nSPS) is 10.0. The lowest BCUT2D eigenvalue weighted by atomic mass is 10.3. The van der Waals surface area contributed by atoms with Gasteiger partial charge in [-0.05, 0) is 24.3 Å². The Kier molecular flexibility index (Phi) is 5.08. The maximum absolute atomic E-state index is 12.0. The second kappa shape index (κ2) is 7.21. The van der Waals surface area contributed by atoms with Gasteiger partial charge in [-0.25, -0.2) is 9.97 Å². The number of hydrogen-bond donors (Lipinski definition) is 2. The first-order chi connectivity index (χ1) is 11.0. The molecule has 1 heterocycles. The number of amides is 2. The van der Waals surface area contributed by atoms with Gasteiger partial charge < -0.3 is 20.7 Å². The number of likely N-dealkylation sites (N-methyl/N-ethyl adjacent to an activating group) is 1. The highest BCUT2D eigenvalue weighted by Gasteiger charge is 2.12. The number of anilines is 2. The minimum atomic E-state index is -0.452. The third kappa shape index (κ3) is 4.40. The molecule has 0 aliphatic rings. The van der Waals surface area contributed by atoms with E-state index in [1.807, 2.05) is 0 Å². The van der Waals surface area contributed by atoms with Crippen LogP contribution in [0.3, 0.4) is 0 Å². The van der Waals surface area contributed by atoms with Crippen LogP contribution < -0.4 is 15.8 Å². The molecule has 0 bridgehead atoms. The molecule has 8 heteroatoms. The molecule has 0 saturated heterocycles. The van der Waals surface area contributed by atoms with E-state index in [4.69, 9.17) is 10.5 Å². The van der Waals surface area contributed by atoms with Crippen molar-refractivity contribution in [3.8, 4) is 5.75 Å². The van der Waals surface area contributed by atoms with Crippen molar-refractivity contribution in [2.75, 3.05) is 31.8 Å². The van der Waals surface area contributed by atoms with Gasteiger partial charge in [0, 0.05) is 32.2 Å². The lowest BCUT2D eigenvalue weighted by Crippen LogP contribution is -2.27. The predicted molar refractivity (Wildman–Crippen MR) is 85.0 cm³/mol. The molecule has 23 heavy (non-hydrogen) atoms. The molecular weight excluding hydrogens is 298 g/mol. The van der Waals surface area contributed by atoms with Gasteiger partial charge in [0.05, 0.1) is 0 Å². The van der Waals surface area contributed by atoms with E-state index in [9.17, 15) is 9.59 Å². The summed E-state index contributed by atoms with van der Waals surface area (Å²) in [6, 6.07) is 6.61. The van der Waals surface area contributed by atoms with Gasteiger partial charge >= 0.3 is 0 Å². The zero-order valence-corrected chi connectivity index (χ0v) is 12.8. The van der Waals surface area contributed by atoms with Crippen LogP contribution in [0.4, 0.5) is 11.5 Å². The molecule has 0 unspecified atom stereocenters. The molecule has 0 aliphatic carbocycles. The maximum atomic E-state index is 12.0. The molecule has 0 saturated carbocycles. The van der Waals surface area contributed by atoms with E-state index < -0.39 is 5.91 Å². The highest BCUT2D eigenvalue weighted by atomic mass is 16.5. The fourth-order valence-corrected chi connectivity index (χ4v) is 1.62. The molecule has 2 rings (SSSR count). The average molecular weight is 315 g/mol. The van der Waals surface area contributed by atoms with Crippen LogP contribution in [0.2, 0.25) is 0 Å². The fourth-order valence-electron chi connectivity index (χ4n) is 1.62. The first kappa shape index (κ1) is 16.2. The molecule has 1 aromatic carbocycles. The van der Waals surface area contributed by atoms with Crippen molar-refractivity contribution in [2.24, 2.45) is 0 Å². The topological polar surface area (TPSA) is 110 Å². The van der Waals surface area contributed by atoms with E-state index in [0.29, 0.717) is 11.4 Å². The van der Waals surface area contributed by atoms with Gasteiger partial charge in [-0.1, -0.05) is 0 Å². The van der Waals surface area contributed by atoms with Crippen LogP contribution in [0.15, 0.2) is 36.7 Å². The summed E-state index contributed by atoms with van der Waals surface area (Å²) < 4.78 is 5.35. The number of ether oxygens (including phenoxy) is 1. The van der Waals surface area contributed by atoms with E-state index in [2.05, 4.69) is 15.3 Å². The zero-order valence-electron chi connectivity index (χ0n) is 12.8. The smallest absolute Gasteiger partial charge is 0.278 e. The van der Waals surface area contributed by atoms with Gasteiger partial charge in [0.15, 0.2) is 18.1 Å². The van der Waals surface area contributed by atoms with Crippen LogP contribution in [-0.4, -0.2) is 47.4 Å². The van der Waals surface area contributed by atoms with Gasteiger partial charge in [0.25, 0.3) is 11.8 Å². The minimum absolute atomic E-state index is 0.0468. The summed E-state index contributed by atoms with van der Waals surface area (Å²) in [5.41, 5.74) is 6.21. The van der Waals surface area contributed by atoms with Crippen LogP contribution in [-0.2, 0) is 4.79 Å². The number of aromatic nitrogens is 2. The standard InChI is InChI=1S/C15H17N5O3/c1-20(2)12(21)9-23-11-5-3-10(4-6-11)19-15(22)13-14(16)18-8-7-17-13/h3-8H,9H2,1-2H3,(H2,16,18)(H,19,22). The first-order valence-corrected chi connectivity index (χ1v) is 6.78. The van der Waals surface area contributed by atoms with Gasteiger partial charge in [0.1, 0.15) is 5.75 Å². The summed E-state index contributed by atoms with van der Waals surface area (Å²) in [7, 11) is 3.31. The number of nitrogen functional groups attached to an aromatic ring is 1. The van der Waals surface area contributed by atoms with Crippen molar-refractivity contribution in [3.63, 3.8) is 0 Å². The van der Waals surface area contributed by atoms with E-state index >= 15 is 0 Å². The molecular formula is C15H17N5O3. The van der Waals surface area contributed by atoms with Crippen molar-refractivity contribution >= 4 is 23.3 Å². The highest BCUT2D eigenvalue weighted by Crippen LogP contribution is 2.17. The number of nitrogens with one attached hydrogen (secondary N) is 1. The summed E-state index contributed by atoms with van der Waals surface area (Å²) in [6.45, 7) is -0.0468. The molecule has 0 atom stereocenters. The van der Waals surface area contributed by atoms with Crippen LogP contribution >= 0.6 is 0 Å². The molecule has 2 aromatic rings. The van der Waals surface area contributed by atoms with Crippen LogP contribution in [0.25, 0.3) is 0 Å². The number of hydrogen-bond acceptors (Lipinski definition) is 6. The Hall–Kier alpha value is -3.16. The Morgan fingerprint density at radius 1 is 1.17 bits per heavy atom. The maximum Gasteiger partial charge on any atom is 0.278 e. The second-order valence-electron chi connectivity index (χ2n) is 4.85. The van der Waals surface area contributed by atoms with E-state index in [0.717, 1.165) is 0 Å². The number of carbonyl (C=O) groups is 2.